The van der Waals surface area contributed by atoms with Crippen molar-refractivity contribution < 1.29 is 9.90 Å². The molecular weight excluding hydrogens is 232 g/mol. The summed E-state index contributed by atoms with van der Waals surface area (Å²) in [6, 6.07) is 3.61. The fraction of sp³-hybridized carbons (Fsp3) is 0.417. The van der Waals surface area contributed by atoms with Gasteiger partial charge >= 0.3 is 0 Å². The summed E-state index contributed by atoms with van der Waals surface area (Å²) in [5.41, 5.74) is 0.277. The van der Waals surface area contributed by atoms with Crippen molar-refractivity contribution in [1.29, 1.82) is 5.26 Å². The molecule has 0 saturated carbocycles. The molecule has 1 aromatic rings. The van der Waals surface area contributed by atoms with Gasteiger partial charge in [-0.15, -0.1) is 0 Å². The van der Waals surface area contributed by atoms with Gasteiger partial charge < -0.3 is 10.0 Å². The average molecular weight is 246 g/mol. The number of aromatic hydroxyl groups is 1. The third-order valence-corrected chi connectivity index (χ3v) is 2.98. The van der Waals surface area contributed by atoms with Crippen LogP contribution in [-0.4, -0.2) is 58.5 Å². The maximum Gasteiger partial charge on any atom is 0.257 e. The Kier molecular flexibility index (Phi) is 3.75. The van der Waals surface area contributed by atoms with E-state index in [9.17, 15) is 9.90 Å². The number of carbonyl (C=O) groups excluding carboxylic acids is 1. The summed E-state index contributed by atoms with van der Waals surface area (Å²) in [6.07, 6.45) is 2.75. The van der Waals surface area contributed by atoms with E-state index in [1.807, 2.05) is 4.90 Å². The molecule has 0 spiro atoms. The molecule has 1 aliphatic rings. The molecule has 0 atom stereocenters. The van der Waals surface area contributed by atoms with E-state index in [-0.39, 0.29) is 17.2 Å². The van der Waals surface area contributed by atoms with Crippen LogP contribution in [0.4, 0.5) is 0 Å². The smallest absolute Gasteiger partial charge is 0.257 e. The minimum atomic E-state index is -0.188. The molecule has 1 aromatic heterocycles. The van der Waals surface area contributed by atoms with E-state index in [4.69, 9.17) is 5.26 Å². The zero-order chi connectivity index (χ0) is 13.0. The fourth-order valence-electron chi connectivity index (χ4n) is 1.95. The van der Waals surface area contributed by atoms with Gasteiger partial charge in [0.2, 0.25) is 0 Å². The number of piperazine rings is 1. The highest BCUT2D eigenvalue weighted by atomic mass is 16.3. The second-order valence-electron chi connectivity index (χ2n) is 4.12. The minimum Gasteiger partial charge on any atom is -0.505 e. The first-order chi connectivity index (χ1) is 8.72. The zero-order valence-electron chi connectivity index (χ0n) is 9.91. The maximum atomic E-state index is 12.1. The van der Waals surface area contributed by atoms with Gasteiger partial charge in [0.05, 0.1) is 24.4 Å². The summed E-state index contributed by atoms with van der Waals surface area (Å²) in [7, 11) is 0. The van der Waals surface area contributed by atoms with Crippen LogP contribution in [0.5, 0.6) is 5.75 Å². The van der Waals surface area contributed by atoms with E-state index in [1.54, 1.807) is 4.90 Å². The van der Waals surface area contributed by atoms with Crippen molar-refractivity contribution >= 4 is 5.91 Å². The SMILES string of the molecule is N#CCN1CCN(C(=O)c2ccncc2O)CC1. The second-order valence-corrected chi connectivity index (χ2v) is 4.12. The van der Waals surface area contributed by atoms with Gasteiger partial charge in [-0.2, -0.15) is 5.26 Å². The van der Waals surface area contributed by atoms with Crippen molar-refractivity contribution in [3.05, 3.63) is 24.0 Å². The monoisotopic (exact) mass is 246 g/mol. The van der Waals surface area contributed by atoms with Crippen LogP contribution in [0.1, 0.15) is 10.4 Å². The molecule has 1 aliphatic heterocycles. The number of nitriles is 1. The first-order valence-electron chi connectivity index (χ1n) is 5.74. The van der Waals surface area contributed by atoms with Crippen molar-refractivity contribution in [2.45, 2.75) is 0 Å². The summed E-state index contributed by atoms with van der Waals surface area (Å²) < 4.78 is 0. The molecular formula is C12H14N4O2. The van der Waals surface area contributed by atoms with Crippen LogP contribution in [0.15, 0.2) is 18.5 Å². The molecule has 6 heteroatoms. The van der Waals surface area contributed by atoms with Gasteiger partial charge in [0.25, 0.3) is 5.91 Å². The lowest BCUT2D eigenvalue weighted by Crippen LogP contribution is -2.48. The van der Waals surface area contributed by atoms with Gasteiger partial charge in [-0.05, 0) is 6.07 Å². The van der Waals surface area contributed by atoms with Crippen molar-refractivity contribution in [1.82, 2.24) is 14.8 Å². The molecule has 0 unspecified atom stereocenters. The molecule has 1 saturated heterocycles. The summed E-state index contributed by atoms with van der Waals surface area (Å²) in [5, 5.41) is 18.2. The number of amides is 1. The Hall–Kier alpha value is -2.13. The molecule has 1 N–H and O–H groups in total. The van der Waals surface area contributed by atoms with Crippen molar-refractivity contribution in [3.8, 4) is 11.8 Å². The van der Waals surface area contributed by atoms with Gasteiger partial charge in [-0.25, -0.2) is 0 Å². The lowest BCUT2D eigenvalue weighted by molar-refractivity contribution is 0.0648. The lowest BCUT2D eigenvalue weighted by Gasteiger charge is -2.33. The lowest BCUT2D eigenvalue weighted by atomic mass is 10.2. The van der Waals surface area contributed by atoms with Gasteiger partial charge in [0, 0.05) is 32.4 Å². The van der Waals surface area contributed by atoms with Crippen molar-refractivity contribution in [2.24, 2.45) is 0 Å². The maximum absolute atomic E-state index is 12.1. The number of nitrogens with zero attached hydrogens (tertiary/aromatic N) is 4. The minimum absolute atomic E-state index is 0.0954. The molecule has 6 nitrogen and oxygen atoms in total. The summed E-state index contributed by atoms with van der Waals surface area (Å²) >= 11 is 0. The molecule has 2 heterocycles. The van der Waals surface area contributed by atoms with Gasteiger partial charge in [-0.1, -0.05) is 0 Å². The number of pyridine rings is 1. The summed E-state index contributed by atoms with van der Waals surface area (Å²) in [5.74, 6) is -0.284. The third kappa shape index (κ3) is 2.57. The van der Waals surface area contributed by atoms with Crippen LogP contribution in [0.2, 0.25) is 0 Å². The predicted molar refractivity (Wildman–Crippen MR) is 63.9 cm³/mol. The van der Waals surface area contributed by atoms with Crippen LogP contribution >= 0.6 is 0 Å². The zero-order valence-corrected chi connectivity index (χ0v) is 9.91. The number of carbonyl (C=O) groups is 1. The molecule has 1 amide bonds. The second kappa shape index (κ2) is 5.47. The number of aromatic nitrogens is 1. The van der Waals surface area contributed by atoms with Crippen LogP contribution in [-0.2, 0) is 0 Å². The Morgan fingerprint density at radius 2 is 2.17 bits per heavy atom. The third-order valence-electron chi connectivity index (χ3n) is 2.98. The Morgan fingerprint density at radius 1 is 1.44 bits per heavy atom. The molecule has 2 rings (SSSR count). The average Bonchev–Trinajstić information content (AvgIpc) is 2.40. The Balaban J connectivity index is 2.00. The number of hydrogen-bond acceptors (Lipinski definition) is 5. The Labute approximate surface area is 105 Å². The van der Waals surface area contributed by atoms with Crippen LogP contribution in [0.3, 0.4) is 0 Å². The molecule has 1 fully saturated rings. The molecule has 0 aliphatic carbocycles. The molecule has 0 bridgehead atoms. The highest BCUT2D eigenvalue weighted by Gasteiger charge is 2.23. The van der Waals surface area contributed by atoms with E-state index < -0.39 is 0 Å². The van der Waals surface area contributed by atoms with Crippen LogP contribution < -0.4 is 0 Å². The quantitative estimate of drug-likeness (QED) is 0.747. The van der Waals surface area contributed by atoms with E-state index in [0.29, 0.717) is 32.7 Å². The first-order valence-corrected chi connectivity index (χ1v) is 5.74. The summed E-state index contributed by atoms with van der Waals surface area (Å²) in [6.45, 7) is 2.91. The van der Waals surface area contributed by atoms with E-state index in [0.717, 1.165) is 0 Å². The molecule has 18 heavy (non-hydrogen) atoms. The Bertz CT molecular complexity index is 475. The van der Waals surface area contributed by atoms with E-state index in [2.05, 4.69) is 11.1 Å². The largest absolute Gasteiger partial charge is 0.505 e. The van der Waals surface area contributed by atoms with E-state index >= 15 is 0 Å². The van der Waals surface area contributed by atoms with Crippen LogP contribution in [0.25, 0.3) is 0 Å². The highest BCUT2D eigenvalue weighted by molar-refractivity contribution is 5.96. The van der Waals surface area contributed by atoms with Gasteiger partial charge in [0.1, 0.15) is 5.75 Å². The first kappa shape index (κ1) is 12.3. The number of rotatable bonds is 2. The van der Waals surface area contributed by atoms with Gasteiger partial charge in [-0.3, -0.25) is 14.7 Å². The van der Waals surface area contributed by atoms with Crippen LogP contribution in [0, 0.1) is 11.3 Å². The predicted octanol–water partition coefficient (Wildman–Crippen LogP) is 0.0686. The highest BCUT2D eigenvalue weighted by Crippen LogP contribution is 2.17. The summed E-state index contributed by atoms with van der Waals surface area (Å²) in [4.78, 5) is 19.6. The normalized spacial score (nSPS) is 16.3. The van der Waals surface area contributed by atoms with Crippen molar-refractivity contribution in [2.75, 3.05) is 32.7 Å². The Morgan fingerprint density at radius 3 is 2.78 bits per heavy atom. The standard InChI is InChI=1S/C12H14N4O2/c13-2-4-15-5-7-16(8-6-15)12(18)10-1-3-14-9-11(10)17/h1,3,9,17H,4-8H2. The molecule has 94 valence electrons. The topological polar surface area (TPSA) is 80.5 Å². The number of hydrogen-bond donors (Lipinski definition) is 1. The molecule has 0 radical (unpaired) electrons. The van der Waals surface area contributed by atoms with Crippen molar-refractivity contribution in [3.63, 3.8) is 0 Å². The fourth-order valence-corrected chi connectivity index (χ4v) is 1.95. The molecule has 0 aromatic carbocycles. The van der Waals surface area contributed by atoms with E-state index in [1.165, 1.54) is 18.5 Å². The van der Waals surface area contributed by atoms with Gasteiger partial charge in [0.15, 0.2) is 0 Å².